The molecule has 0 aliphatic rings. The van der Waals surface area contributed by atoms with Crippen LogP contribution in [0.5, 0.6) is 5.75 Å². The van der Waals surface area contributed by atoms with Gasteiger partial charge in [-0.25, -0.2) is 9.59 Å². The van der Waals surface area contributed by atoms with Crippen molar-refractivity contribution in [1.29, 1.82) is 0 Å². The molecule has 0 spiro atoms. The number of hydrogen-bond donors (Lipinski definition) is 0. The van der Waals surface area contributed by atoms with E-state index in [-0.39, 0.29) is 6.61 Å². The number of ether oxygens (including phenoxy) is 2. The number of esters is 1. The van der Waals surface area contributed by atoms with Crippen molar-refractivity contribution in [2.45, 2.75) is 26.6 Å². The molecule has 0 aliphatic carbocycles. The molecule has 0 aliphatic heterocycles. The van der Waals surface area contributed by atoms with Crippen molar-refractivity contribution in [2.75, 3.05) is 0 Å². The second-order valence-electron chi connectivity index (χ2n) is 6.03. The highest BCUT2D eigenvalue weighted by Crippen LogP contribution is 2.28. The van der Waals surface area contributed by atoms with Gasteiger partial charge in [-0.3, -0.25) is 0 Å². The lowest BCUT2D eigenvalue weighted by atomic mass is 10.1. The van der Waals surface area contributed by atoms with Gasteiger partial charge in [0.25, 0.3) is 0 Å². The van der Waals surface area contributed by atoms with Gasteiger partial charge in [-0.1, -0.05) is 35.3 Å². The van der Waals surface area contributed by atoms with E-state index in [2.05, 4.69) is 0 Å². The first-order valence-electron chi connectivity index (χ1n) is 8.15. The second kappa shape index (κ2) is 8.03. The normalized spacial score (nSPS) is 12.0. The number of benzene rings is 2. The summed E-state index contributed by atoms with van der Waals surface area (Å²) < 4.78 is 16.0. The zero-order valence-corrected chi connectivity index (χ0v) is 16.1. The van der Waals surface area contributed by atoms with E-state index >= 15 is 0 Å². The monoisotopic (exact) mass is 406 g/mol. The highest BCUT2D eigenvalue weighted by molar-refractivity contribution is 6.35. The molecular weight excluding hydrogens is 391 g/mol. The van der Waals surface area contributed by atoms with Gasteiger partial charge in [-0.05, 0) is 43.7 Å². The molecular formula is C20H16Cl2O5. The van der Waals surface area contributed by atoms with Crippen LogP contribution >= 0.6 is 23.2 Å². The van der Waals surface area contributed by atoms with E-state index in [0.29, 0.717) is 32.3 Å². The topological polar surface area (TPSA) is 65.7 Å². The van der Waals surface area contributed by atoms with Gasteiger partial charge in [-0.2, -0.15) is 0 Å². The lowest BCUT2D eigenvalue weighted by Crippen LogP contribution is -2.26. The summed E-state index contributed by atoms with van der Waals surface area (Å²) >= 11 is 11.9. The van der Waals surface area contributed by atoms with Gasteiger partial charge in [-0.15, -0.1) is 0 Å². The predicted molar refractivity (Wildman–Crippen MR) is 104 cm³/mol. The zero-order chi connectivity index (χ0) is 19.6. The summed E-state index contributed by atoms with van der Waals surface area (Å²) in [5.41, 5.74) is 1.47. The maximum absolute atomic E-state index is 12.3. The standard InChI is InChI=1S/C20H16Cl2O5/c1-11-3-5-15-13(8-19(23)27-18(15)7-11)10-25-20(24)12(2)26-17-6-4-14(21)9-16(17)22/h3-9,12H,10H2,1-2H3/t12-/m0/s1. The Balaban J connectivity index is 1.72. The third-order valence-corrected chi connectivity index (χ3v) is 4.42. The minimum Gasteiger partial charge on any atom is -0.477 e. The van der Waals surface area contributed by atoms with Gasteiger partial charge in [0.15, 0.2) is 6.10 Å². The molecule has 0 bridgehead atoms. The molecule has 0 fully saturated rings. The fourth-order valence-electron chi connectivity index (χ4n) is 2.53. The lowest BCUT2D eigenvalue weighted by molar-refractivity contribution is -0.152. The Bertz CT molecular complexity index is 1060. The van der Waals surface area contributed by atoms with Gasteiger partial charge < -0.3 is 13.9 Å². The Morgan fingerprint density at radius 1 is 1.15 bits per heavy atom. The van der Waals surface area contributed by atoms with Crippen LogP contribution in [0.2, 0.25) is 10.0 Å². The SMILES string of the molecule is Cc1ccc2c(COC(=O)[C@H](C)Oc3ccc(Cl)cc3Cl)cc(=O)oc2c1. The minimum absolute atomic E-state index is 0.0773. The maximum atomic E-state index is 12.3. The third-order valence-electron chi connectivity index (χ3n) is 3.89. The lowest BCUT2D eigenvalue weighted by Gasteiger charge is -2.15. The van der Waals surface area contributed by atoms with Crippen molar-refractivity contribution in [3.8, 4) is 5.75 Å². The molecule has 3 rings (SSSR count). The number of fused-ring (bicyclic) bond motifs is 1. The molecule has 0 N–H and O–H groups in total. The number of carbonyl (C=O) groups excluding carboxylic acids is 1. The van der Waals surface area contributed by atoms with E-state index in [4.69, 9.17) is 37.1 Å². The van der Waals surface area contributed by atoms with Crippen molar-refractivity contribution >= 4 is 40.1 Å². The first kappa shape index (κ1) is 19.3. The highest BCUT2D eigenvalue weighted by atomic mass is 35.5. The molecule has 0 saturated carbocycles. The molecule has 140 valence electrons. The van der Waals surface area contributed by atoms with E-state index in [0.717, 1.165) is 5.56 Å². The maximum Gasteiger partial charge on any atom is 0.347 e. The number of hydrogen-bond acceptors (Lipinski definition) is 5. The smallest absolute Gasteiger partial charge is 0.347 e. The molecule has 0 saturated heterocycles. The van der Waals surface area contributed by atoms with Crippen LogP contribution in [0.15, 0.2) is 51.7 Å². The second-order valence-corrected chi connectivity index (χ2v) is 6.88. The van der Waals surface area contributed by atoms with Gasteiger partial charge in [0.1, 0.15) is 17.9 Å². The van der Waals surface area contributed by atoms with Crippen LogP contribution in [0.4, 0.5) is 0 Å². The Hall–Kier alpha value is -2.50. The summed E-state index contributed by atoms with van der Waals surface area (Å²) in [6.07, 6.45) is -0.891. The Morgan fingerprint density at radius 2 is 1.93 bits per heavy atom. The molecule has 0 radical (unpaired) electrons. The Morgan fingerprint density at radius 3 is 2.67 bits per heavy atom. The summed E-state index contributed by atoms with van der Waals surface area (Å²) in [6.45, 7) is 3.37. The van der Waals surface area contributed by atoms with E-state index in [1.165, 1.54) is 12.1 Å². The first-order valence-corrected chi connectivity index (χ1v) is 8.91. The molecule has 0 unspecified atom stereocenters. The van der Waals surface area contributed by atoms with Crippen molar-refractivity contribution in [3.63, 3.8) is 0 Å². The number of rotatable bonds is 5. The van der Waals surface area contributed by atoms with Gasteiger partial charge in [0.05, 0.1) is 5.02 Å². The van der Waals surface area contributed by atoms with E-state index in [1.54, 1.807) is 25.1 Å². The van der Waals surface area contributed by atoms with Crippen LogP contribution < -0.4 is 10.4 Å². The summed E-state index contributed by atoms with van der Waals surface area (Å²) in [5, 5.41) is 1.47. The molecule has 0 amide bonds. The molecule has 3 aromatic rings. The van der Waals surface area contributed by atoms with Crippen molar-refractivity contribution in [3.05, 3.63) is 74.1 Å². The summed E-state index contributed by atoms with van der Waals surface area (Å²) in [7, 11) is 0. The fraction of sp³-hybridized carbons (Fsp3) is 0.200. The molecule has 5 nitrogen and oxygen atoms in total. The van der Waals surface area contributed by atoms with E-state index < -0.39 is 17.7 Å². The minimum atomic E-state index is -0.891. The summed E-state index contributed by atoms with van der Waals surface area (Å²) in [5.74, 6) is -0.263. The molecule has 2 aromatic carbocycles. The third kappa shape index (κ3) is 4.62. The molecule has 1 aromatic heterocycles. The Labute approximate surface area is 165 Å². The van der Waals surface area contributed by atoms with Crippen LogP contribution in [-0.4, -0.2) is 12.1 Å². The van der Waals surface area contributed by atoms with Gasteiger partial charge in [0, 0.05) is 22.0 Å². The van der Waals surface area contributed by atoms with Crippen LogP contribution in [0.25, 0.3) is 11.0 Å². The summed E-state index contributed by atoms with van der Waals surface area (Å²) in [6, 6.07) is 11.5. The highest BCUT2D eigenvalue weighted by Gasteiger charge is 2.19. The molecule has 7 heteroatoms. The summed E-state index contributed by atoms with van der Waals surface area (Å²) in [4.78, 5) is 24.0. The van der Waals surface area contributed by atoms with E-state index in [9.17, 15) is 9.59 Å². The average molecular weight is 407 g/mol. The predicted octanol–water partition coefficient (Wildman–Crippen LogP) is 4.92. The molecule has 1 heterocycles. The largest absolute Gasteiger partial charge is 0.477 e. The van der Waals surface area contributed by atoms with Crippen molar-refractivity contribution in [2.24, 2.45) is 0 Å². The first-order chi connectivity index (χ1) is 12.8. The number of aryl methyl sites for hydroxylation is 1. The van der Waals surface area contributed by atoms with Crippen molar-refractivity contribution < 1.29 is 18.7 Å². The molecule has 27 heavy (non-hydrogen) atoms. The van der Waals surface area contributed by atoms with Crippen LogP contribution in [-0.2, 0) is 16.1 Å². The van der Waals surface area contributed by atoms with Crippen LogP contribution in [0, 0.1) is 6.92 Å². The average Bonchev–Trinajstić information content (AvgIpc) is 2.61. The fourth-order valence-corrected chi connectivity index (χ4v) is 2.99. The van der Waals surface area contributed by atoms with Crippen molar-refractivity contribution in [1.82, 2.24) is 0 Å². The number of halogens is 2. The quantitative estimate of drug-likeness (QED) is 0.444. The van der Waals surface area contributed by atoms with Crippen LogP contribution in [0.3, 0.4) is 0 Å². The van der Waals surface area contributed by atoms with Gasteiger partial charge in [0.2, 0.25) is 0 Å². The van der Waals surface area contributed by atoms with E-state index in [1.807, 2.05) is 19.1 Å². The van der Waals surface area contributed by atoms with Crippen LogP contribution in [0.1, 0.15) is 18.1 Å². The van der Waals surface area contributed by atoms with Gasteiger partial charge >= 0.3 is 11.6 Å². The Kier molecular flexibility index (Phi) is 5.73. The molecule has 1 atom stereocenters. The zero-order valence-electron chi connectivity index (χ0n) is 14.6. The number of carbonyl (C=O) groups is 1.